The van der Waals surface area contributed by atoms with Crippen molar-refractivity contribution in [2.45, 2.75) is 458 Å². The van der Waals surface area contributed by atoms with Crippen molar-refractivity contribution in [3.8, 4) is 0 Å². The smallest absolute Gasteiger partial charge is 0.220 e. The fourth-order valence-electron chi connectivity index (χ4n) is 15.0. The largest absolute Gasteiger partial charge is 0.394 e. The van der Waals surface area contributed by atoms with E-state index in [0.717, 1.165) is 89.9 Å². The molecule has 19 nitrogen and oxygen atoms in total. The number of carbonyl (C=O) groups is 1. The highest BCUT2D eigenvalue weighted by atomic mass is 16.8. The first-order valence-electron chi connectivity index (χ1n) is 46.1. The summed E-state index contributed by atoms with van der Waals surface area (Å²) >= 11 is 0. The lowest BCUT2D eigenvalue weighted by molar-refractivity contribution is -0.379. The molecule has 0 aromatic rings. The van der Waals surface area contributed by atoms with Crippen LogP contribution < -0.4 is 5.32 Å². The third-order valence-corrected chi connectivity index (χ3v) is 22.3. The Balaban J connectivity index is 1.33. The van der Waals surface area contributed by atoms with Crippen LogP contribution in [0.5, 0.6) is 0 Å². The number of aliphatic hydroxyl groups excluding tert-OH is 11. The number of hydrogen-bond acceptors (Lipinski definition) is 18. The Morgan fingerprint density at radius 2 is 0.614 bits per heavy atom. The summed E-state index contributed by atoms with van der Waals surface area (Å²) in [4.78, 5) is 13.5. The molecule has 0 aromatic carbocycles. The van der Waals surface area contributed by atoms with E-state index in [9.17, 15) is 61.0 Å². The molecule has 660 valence electrons. The van der Waals surface area contributed by atoms with Crippen LogP contribution in [0.1, 0.15) is 354 Å². The van der Waals surface area contributed by atoms with Gasteiger partial charge in [-0.15, -0.1) is 0 Å². The lowest BCUT2D eigenvalue weighted by Crippen LogP contribution is -2.66. The highest BCUT2D eigenvalue weighted by Gasteiger charge is 2.54. The van der Waals surface area contributed by atoms with E-state index in [-0.39, 0.29) is 18.9 Å². The van der Waals surface area contributed by atoms with Gasteiger partial charge in [-0.1, -0.05) is 367 Å². The Kier molecular flexibility index (Phi) is 67.4. The van der Waals surface area contributed by atoms with Crippen LogP contribution in [-0.4, -0.2) is 193 Å². The molecule has 114 heavy (non-hydrogen) atoms. The van der Waals surface area contributed by atoms with Gasteiger partial charge in [0.25, 0.3) is 0 Å². The average molecular weight is 1610 g/mol. The van der Waals surface area contributed by atoms with E-state index in [2.05, 4.69) is 116 Å². The summed E-state index contributed by atoms with van der Waals surface area (Å²) < 4.78 is 34.5. The van der Waals surface area contributed by atoms with Gasteiger partial charge in [0.05, 0.1) is 38.6 Å². The van der Waals surface area contributed by atoms with Gasteiger partial charge >= 0.3 is 0 Å². The number of hydrogen-bond donors (Lipinski definition) is 12. The zero-order valence-corrected chi connectivity index (χ0v) is 71.3. The SMILES string of the molecule is CC/C=C\C/C=C\C/C=C\C/C=C\C/C=C\C/C=C\C/C=C\CCCCCCCCCCCCCCCCCC(=O)NC(COC1OC(CO)C(OC2OC(CO)C(OC3OC(CO)C(O)C(O)C3O)C(O)C2O)C(O)C1O)C(O)/C=C/CC/C=C/CCCCCCCCCCCCCCCCCCCCCCCCCCCC. The van der Waals surface area contributed by atoms with Crippen molar-refractivity contribution in [1.29, 1.82) is 0 Å². The number of aliphatic hydroxyl groups is 11. The second-order valence-electron chi connectivity index (χ2n) is 32.4. The van der Waals surface area contributed by atoms with Gasteiger partial charge in [0.2, 0.25) is 5.91 Å². The lowest BCUT2D eigenvalue weighted by Gasteiger charge is -2.48. The predicted octanol–water partition coefficient (Wildman–Crippen LogP) is 18.0. The summed E-state index contributed by atoms with van der Waals surface area (Å²) in [5, 5.41) is 121. The first kappa shape index (κ1) is 105. The third kappa shape index (κ3) is 51.2. The molecule has 17 atom stereocenters. The molecule has 0 saturated carbocycles. The zero-order valence-electron chi connectivity index (χ0n) is 71.3. The van der Waals surface area contributed by atoms with Gasteiger partial charge in [0.1, 0.15) is 73.2 Å². The summed E-state index contributed by atoms with van der Waals surface area (Å²) in [6.07, 6.45) is 76.7. The molecule has 0 spiro atoms. The minimum absolute atomic E-state index is 0.231. The lowest BCUT2D eigenvalue weighted by atomic mass is 9.96. The van der Waals surface area contributed by atoms with Gasteiger partial charge in [-0.25, -0.2) is 0 Å². The number of nitrogens with one attached hydrogen (secondary N) is 1. The van der Waals surface area contributed by atoms with E-state index in [4.69, 9.17) is 28.4 Å². The molecule has 3 fully saturated rings. The monoisotopic (exact) mass is 1610 g/mol. The number of rotatable bonds is 74. The van der Waals surface area contributed by atoms with Gasteiger partial charge in [-0.2, -0.15) is 0 Å². The Morgan fingerprint density at radius 3 is 0.982 bits per heavy atom. The molecular weight excluding hydrogens is 1440 g/mol. The maximum atomic E-state index is 13.5. The first-order chi connectivity index (χ1) is 55.8. The van der Waals surface area contributed by atoms with Crippen molar-refractivity contribution in [2.24, 2.45) is 0 Å². The van der Waals surface area contributed by atoms with E-state index in [1.807, 2.05) is 6.08 Å². The maximum Gasteiger partial charge on any atom is 0.220 e. The van der Waals surface area contributed by atoms with Crippen LogP contribution in [0, 0.1) is 0 Å². The number of allylic oxidation sites excluding steroid dienone is 17. The summed E-state index contributed by atoms with van der Waals surface area (Å²) in [7, 11) is 0. The second-order valence-corrected chi connectivity index (χ2v) is 32.4. The van der Waals surface area contributed by atoms with E-state index in [1.165, 1.54) is 231 Å². The number of unbranched alkanes of at least 4 members (excludes halogenated alkanes) is 42. The third-order valence-electron chi connectivity index (χ3n) is 22.3. The molecule has 3 rings (SSSR count). The normalized spacial score (nSPS) is 25.2. The van der Waals surface area contributed by atoms with Crippen LogP contribution in [-0.2, 0) is 33.2 Å². The van der Waals surface area contributed by atoms with Gasteiger partial charge < -0.3 is 89.9 Å². The molecule has 3 saturated heterocycles. The fourth-order valence-corrected chi connectivity index (χ4v) is 15.0. The van der Waals surface area contributed by atoms with Gasteiger partial charge in [-0.05, 0) is 89.9 Å². The first-order valence-corrected chi connectivity index (χ1v) is 46.1. The fraction of sp³-hybridized carbons (Fsp3) is 0.800. The van der Waals surface area contributed by atoms with Gasteiger partial charge in [0.15, 0.2) is 18.9 Å². The van der Waals surface area contributed by atoms with Gasteiger partial charge in [0, 0.05) is 6.42 Å². The number of carbonyl (C=O) groups excluding carboxylic acids is 1. The molecule has 17 unspecified atom stereocenters. The molecule has 19 heteroatoms. The molecule has 0 bridgehead atoms. The quantitative estimate of drug-likeness (QED) is 0.0199. The molecule has 3 aliphatic rings. The van der Waals surface area contributed by atoms with Crippen LogP contribution in [0.3, 0.4) is 0 Å². The van der Waals surface area contributed by atoms with E-state index >= 15 is 0 Å². The molecule has 0 radical (unpaired) electrons. The van der Waals surface area contributed by atoms with Crippen molar-refractivity contribution >= 4 is 5.91 Å². The standard InChI is InChI=1S/C95H167NO18/c1-3-5-7-9-11-13-15-17-19-21-23-25-27-29-31-33-35-37-38-39-40-41-43-45-47-49-51-53-55-57-59-61-63-65-67-69-71-73-83(101)96-78(79(100)72-70-68-66-64-62-60-58-56-54-52-50-48-46-44-42-36-34-32-30-28-26-24-22-20-18-16-14-12-10-8-6-4-2)77-109-93-89(107)86(104)91(81(75-98)111-93)114-95-90(108)87(105)92(82(76-99)112-95)113-94-88(106)85(103)84(102)80(74-97)110-94/h5,7,11,13,17,19,23,25,29,31,35,37,39-40,62,64,70,72,78-82,84-95,97-100,102-108H,3-4,6,8-10,12,14-16,18,20-22,24,26-28,30,32-34,36,38,41-61,63,65-69,71,73-77H2,1-2H3,(H,96,101)/b7-5-,13-11-,19-17-,25-23-,31-29-,37-35-,40-39-,64-62+,72-70+. The molecule has 12 N–H and O–H groups in total. The minimum Gasteiger partial charge on any atom is -0.394 e. The van der Waals surface area contributed by atoms with Gasteiger partial charge in [-0.3, -0.25) is 4.79 Å². The second kappa shape index (κ2) is 73.4. The van der Waals surface area contributed by atoms with Crippen molar-refractivity contribution in [3.05, 3.63) is 109 Å². The number of ether oxygens (including phenoxy) is 6. The zero-order chi connectivity index (χ0) is 82.4. The Morgan fingerprint density at radius 1 is 0.325 bits per heavy atom. The van der Waals surface area contributed by atoms with E-state index in [1.54, 1.807) is 6.08 Å². The Labute approximate surface area is 691 Å². The van der Waals surface area contributed by atoms with Crippen molar-refractivity contribution in [1.82, 2.24) is 5.32 Å². The van der Waals surface area contributed by atoms with Crippen molar-refractivity contribution < 1.29 is 89.4 Å². The maximum absolute atomic E-state index is 13.5. The van der Waals surface area contributed by atoms with Crippen LogP contribution in [0.15, 0.2) is 109 Å². The summed E-state index contributed by atoms with van der Waals surface area (Å²) in [6, 6.07) is -0.998. The summed E-state index contributed by atoms with van der Waals surface area (Å²) in [6.45, 7) is 1.65. The average Bonchev–Trinajstić information content (AvgIpc) is 0.777. The highest BCUT2D eigenvalue weighted by Crippen LogP contribution is 2.34. The summed E-state index contributed by atoms with van der Waals surface area (Å²) in [5.74, 6) is -0.285. The van der Waals surface area contributed by atoms with Crippen LogP contribution in [0.2, 0.25) is 0 Å². The molecular formula is C95H167NO18. The van der Waals surface area contributed by atoms with Crippen molar-refractivity contribution in [3.63, 3.8) is 0 Å². The minimum atomic E-state index is -1.99. The molecule has 1 amide bonds. The van der Waals surface area contributed by atoms with Crippen molar-refractivity contribution in [2.75, 3.05) is 26.4 Å². The summed E-state index contributed by atoms with van der Waals surface area (Å²) in [5.41, 5.74) is 0. The topological polar surface area (TPSA) is 307 Å². The van der Waals surface area contributed by atoms with Crippen LogP contribution >= 0.6 is 0 Å². The number of amides is 1. The Bertz CT molecular complexity index is 2480. The van der Waals surface area contributed by atoms with E-state index in [0.29, 0.717) is 12.8 Å². The molecule has 3 aliphatic heterocycles. The van der Waals surface area contributed by atoms with Crippen LogP contribution in [0.4, 0.5) is 0 Å². The Hall–Kier alpha value is -3.55. The predicted molar refractivity (Wildman–Crippen MR) is 461 cm³/mol. The highest BCUT2D eigenvalue weighted by molar-refractivity contribution is 5.76. The molecule has 0 aliphatic carbocycles. The van der Waals surface area contributed by atoms with E-state index < -0.39 is 124 Å². The molecule has 0 aromatic heterocycles. The van der Waals surface area contributed by atoms with Crippen LogP contribution in [0.25, 0.3) is 0 Å². The molecule has 3 heterocycles.